The highest BCUT2D eigenvalue weighted by Crippen LogP contribution is 2.34. The number of anilines is 1. The fourth-order valence-corrected chi connectivity index (χ4v) is 4.99. The van der Waals surface area contributed by atoms with Gasteiger partial charge in [-0.1, -0.05) is 13.3 Å². The van der Waals surface area contributed by atoms with E-state index in [1.54, 1.807) is 42.1 Å². The molecule has 0 atom stereocenters. The zero-order valence-electron chi connectivity index (χ0n) is 19.9. The van der Waals surface area contributed by atoms with Gasteiger partial charge >= 0.3 is 0 Å². The maximum Gasteiger partial charge on any atom is 0.224 e. The average molecular weight is 512 g/mol. The van der Waals surface area contributed by atoms with Crippen LogP contribution in [0.15, 0.2) is 59.7 Å². The predicted molar refractivity (Wildman–Crippen MR) is 144 cm³/mol. The molecule has 0 spiro atoms. The van der Waals surface area contributed by atoms with Crippen molar-refractivity contribution in [1.29, 1.82) is 0 Å². The van der Waals surface area contributed by atoms with Crippen molar-refractivity contribution in [2.75, 3.05) is 5.32 Å². The number of benzene rings is 1. The smallest absolute Gasteiger partial charge is 0.224 e. The third kappa shape index (κ3) is 4.36. The lowest BCUT2D eigenvalue weighted by atomic mass is 10.0. The first-order valence-corrected chi connectivity index (χ1v) is 12.9. The number of fused-ring (bicyclic) bond motifs is 2. The predicted octanol–water partition coefficient (Wildman–Crippen LogP) is 6.56. The van der Waals surface area contributed by atoms with Crippen LogP contribution in [0.5, 0.6) is 0 Å². The number of nitrogens with one attached hydrogen (secondary N) is 3. The van der Waals surface area contributed by atoms with Gasteiger partial charge in [-0.2, -0.15) is 16.4 Å². The number of aromatic amines is 2. The fraction of sp³-hybridized carbons (Fsp3) is 0.148. The largest absolute Gasteiger partial charge is 0.325 e. The number of unbranched alkanes of at least 4 members (excludes halogenated alkanes) is 1. The molecule has 0 radical (unpaired) electrons. The molecule has 0 saturated carbocycles. The summed E-state index contributed by atoms with van der Waals surface area (Å²) >= 11 is 1.62. The van der Waals surface area contributed by atoms with E-state index in [0.717, 1.165) is 29.5 Å². The van der Waals surface area contributed by atoms with Gasteiger partial charge in [0.25, 0.3) is 0 Å². The average Bonchev–Trinajstić information content (AvgIpc) is 3.66. The Morgan fingerprint density at radius 2 is 2.05 bits per heavy atom. The van der Waals surface area contributed by atoms with E-state index in [1.807, 2.05) is 24.4 Å². The number of thiophene rings is 1. The second-order valence-corrected chi connectivity index (χ2v) is 9.50. The molecule has 6 aromatic rings. The Balaban J connectivity index is 1.40. The highest BCUT2D eigenvalue weighted by molar-refractivity contribution is 7.08. The molecule has 3 N–H and O–H groups in total. The van der Waals surface area contributed by atoms with Gasteiger partial charge in [0.05, 0.1) is 17.4 Å². The van der Waals surface area contributed by atoms with Crippen LogP contribution in [-0.4, -0.2) is 36.0 Å². The molecule has 1 amide bonds. The van der Waals surface area contributed by atoms with Gasteiger partial charge in [-0.25, -0.2) is 14.4 Å². The highest BCUT2D eigenvalue weighted by Gasteiger charge is 2.18. The van der Waals surface area contributed by atoms with E-state index in [0.29, 0.717) is 51.3 Å². The van der Waals surface area contributed by atoms with Crippen LogP contribution in [0.25, 0.3) is 55.8 Å². The number of H-pyrrole nitrogens is 2. The molecular weight excluding hydrogens is 489 g/mol. The number of halogens is 1. The first-order chi connectivity index (χ1) is 18.1. The zero-order valence-corrected chi connectivity index (χ0v) is 20.7. The Morgan fingerprint density at radius 1 is 1.14 bits per heavy atom. The zero-order chi connectivity index (χ0) is 25.4. The molecule has 184 valence electrons. The topological polar surface area (TPSA) is 112 Å². The van der Waals surface area contributed by atoms with Gasteiger partial charge in [0.1, 0.15) is 17.0 Å². The van der Waals surface area contributed by atoms with E-state index in [1.165, 1.54) is 6.07 Å². The van der Waals surface area contributed by atoms with Gasteiger partial charge < -0.3 is 10.3 Å². The number of amides is 1. The lowest BCUT2D eigenvalue weighted by Gasteiger charge is -2.08. The molecule has 5 heterocycles. The summed E-state index contributed by atoms with van der Waals surface area (Å²) in [5, 5.41) is 15.0. The molecule has 0 saturated heterocycles. The fourth-order valence-electron chi connectivity index (χ4n) is 4.33. The van der Waals surface area contributed by atoms with E-state index >= 15 is 4.39 Å². The molecule has 10 heteroatoms. The normalized spacial score (nSPS) is 11.4. The summed E-state index contributed by atoms with van der Waals surface area (Å²) in [7, 11) is 0. The lowest BCUT2D eigenvalue weighted by molar-refractivity contribution is -0.116. The number of aromatic nitrogens is 6. The number of hydrogen-bond donors (Lipinski definition) is 3. The molecule has 0 aliphatic carbocycles. The van der Waals surface area contributed by atoms with Gasteiger partial charge in [-0.3, -0.25) is 14.9 Å². The Kier molecular flexibility index (Phi) is 5.93. The quantitative estimate of drug-likeness (QED) is 0.225. The van der Waals surface area contributed by atoms with Crippen LogP contribution in [0, 0.1) is 5.82 Å². The number of pyridine rings is 2. The van der Waals surface area contributed by atoms with E-state index in [9.17, 15) is 4.79 Å². The Labute approximate surface area is 215 Å². The Morgan fingerprint density at radius 3 is 2.89 bits per heavy atom. The van der Waals surface area contributed by atoms with Gasteiger partial charge in [-0.05, 0) is 47.0 Å². The maximum atomic E-state index is 15.2. The minimum Gasteiger partial charge on any atom is -0.325 e. The SMILES string of the molecule is CCCCC(=O)Nc1cncc(-c2cc3c(-c4nc5c(-c6ccsc6)ccnc5[nH]4)n[nH]c3cc2F)c1. The van der Waals surface area contributed by atoms with E-state index in [2.05, 4.69) is 35.8 Å². The standard InChI is InChI=1S/C27H22FN7OS/c1-2-3-4-23(36)31-17-9-16(12-29-13-17)19-10-20-22(11-21(19)28)34-35-25(20)27-32-24-18(15-6-8-37-14-15)5-7-30-26(24)33-27/h5-14H,2-4H2,1H3,(H,31,36)(H,34,35)(H,30,32,33). The third-order valence-electron chi connectivity index (χ3n) is 6.18. The van der Waals surface area contributed by atoms with Crippen molar-refractivity contribution >= 4 is 45.0 Å². The van der Waals surface area contributed by atoms with Crippen molar-refractivity contribution in [2.45, 2.75) is 26.2 Å². The number of hydrogen-bond acceptors (Lipinski definition) is 6. The van der Waals surface area contributed by atoms with Crippen molar-refractivity contribution in [2.24, 2.45) is 0 Å². The number of carbonyl (C=O) groups excluding carboxylic acids is 1. The summed E-state index contributed by atoms with van der Waals surface area (Å²) in [6.07, 6.45) is 7.04. The number of imidazole rings is 1. The number of rotatable bonds is 7. The molecule has 6 rings (SSSR count). The summed E-state index contributed by atoms with van der Waals surface area (Å²) in [5.41, 5.74) is 5.95. The first-order valence-electron chi connectivity index (χ1n) is 11.9. The molecule has 0 unspecified atom stereocenters. The van der Waals surface area contributed by atoms with Gasteiger partial charge in [0.15, 0.2) is 11.5 Å². The molecular formula is C27H22FN7OS. The van der Waals surface area contributed by atoms with Crippen molar-refractivity contribution in [3.63, 3.8) is 0 Å². The van der Waals surface area contributed by atoms with E-state index in [4.69, 9.17) is 4.98 Å². The monoisotopic (exact) mass is 511 g/mol. The van der Waals surface area contributed by atoms with Crippen molar-refractivity contribution in [3.8, 4) is 33.8 Å². The van der Waals surface area contributed by atoms with E-state index < -0.39 is 5.82 Å². The van der Waals surface area contributed by atoms with Crippen LogP contribution in [0.3, 0.4) is 0 Å². The van der Waals surface area contributed by atoms with Gasteiger partial charge in [0, 0.05) is 47.0 Å². The van der Waals surface area contributed by atoms with E-state index in [-0.39, 0.29) is 5.91 Å². The minimum absolute atomic E-state index is 0.0887. The summed E-state index contributed by atoms with van der Waals surface area (Å²) in [4.78, 5) is 28.9. The van der Waals surface area contributed by atoms with Crippen LogP contribution < -0.4 is 5.32 Å². The summed E-state index contributed by atoms with van der Waals surface area (Å²) in [6.45, 7) is 2.03. The molecule has 0 aliphatic rings. The molecule has 8 nitrogen and oxygen atoms in total. The summed E-state index contributed by atoms with van der Waals surface area (Å²) in [5.74, 6) is 0.0168. The number of nitrogens with zero attached hydrogens (tertiary/aromatic N) is 4. The summed E-state index contributed by atoms with van der Waals surface area (Å²) in [6, 6.07) is 8.83. The lowest BCUT2D eigenvalue weighted by Crippen LogP contribution is -2.11. The molecule has 0 aliphatic heterocycles. The minimum atomic E-state index is -0.426. The maximum absolute atomic E-state index is 15.2. The second kappa shape index (κ2) is 9.55. The second-order valence-electron chi connectivity index (χ2n) is 8.72. The van der Waals surface area contributed by atoms with Crippen LogP contribution in [0.4, 0.5) is 10.1 Å². The van der Waals surface area contributed by atoms with Crippen LogP contribution >= 0.6 is 11.3 Å². The van der Waals surface area contributed by atoms with Crippen molar-refractivity contribution in [3.05, 3.63) is 65.5 Å². The van der Waals surface area contributed by atoms with Crippen molar-refractivity contribution in [1.82, 2.24) is 30.1 Å². The van der Waals surface area contributed by atoms with Crippen LogP contribution in [-0.2, 0) is 4.79 Å². The van der Waals surface area contributed by atoms with Gasteiger partial charge in [0.2, 0.25) is 5.91 Å². The Bertz CT molecular complexity index is 1740. The van der Waals surface area contributed by atoms with Crippen molar-refractivity contribution < 1.29 is 9.18 Å². The third-order valence-corrected chi connectivity index (χ3v) is 6.87. The number of carbonyl (C=O) groups is 1. The first kappa shape index (κ1) is 23.0. The molecule has 1 aromatic carbocycles. The van der Waals surface area contributed by atoms with Crippen LogP contribution in [0.2, 0.25) is 0 Å². The summed E-state index contributed by atoms with van der Waals surface area (Å²) < 4.78 is 15.2. The van der Waals surface area contributed by atoms with Gasteiger partial charge in [-0.15, -0.1) is 0 Å². The molecule has 0 bridgehead atoms. The Hall–Kier alpha value is -4.44. The molecule has 37 heavy (non-hydrogen) atoms. The van der Waals surface area contributed by atoms with Crippen LogP contribution in [0.1, 0.15) is 26.2 Å². The highest BCUT2D eigenvalue weighted by atomic mass is 32.1. The molecule has 5 aromatic heterocycles. The molecule has 0 fully saturated rings.